The van der Waals surface area contributed by atoms with E-state index in [9.17, 15) is 10.1 Å². The standard InChI is InChI=1S/C15H27N3O2S.H2O/c1-13(10-17(4)5)6-7-14(2)12-21-9-8-16-15(3)11-18(19)20;/h6-7,11,16H,8-10,12H2,1-5H3;1H2/b13-6+,14-7+,15-11-;. The lowest BCUT2D eigenvalue weighted by molar-refractivity contribution is -0.403. The third-order valence-electron chi connectivity index (χ3n) is 2.50. The lowest BCUT2D eigenvalue weighted by atomic mass is 10.2. The second-order valence-corrected chi connectivity index (χ2v) is 6.45. The van der Waals surface area contributed by atoms with Gasteiger partial charge in [-0.15, -0.1) is 0 Å². The Balaban J connectivity index is 0. The molecule has 22 heavy (non-hydrogen) atoms. The van der Waals surface area contributed by atoms with Gasteiger partial charge in [-0.05, 0) is 34.9 Å². The Hall–Kier alpha value is -1.31. The Morgan fingerprint density at radius 2 is 1.82 bits per heavy atom. The molecule has 0 fully saturated rings. The molecule has 0 rings (SSSR count). The second-order valence-electron chi connectivity index (χ2n) is 5.34. The van der Waals surface area contributed by atoms with E-state index in [0.29, 0.717) is 5.70 Å². The van der Waals surface area contributed by atoms with Crippen molar-refractivity contribution in [2.75, 3.05) is 38.7 Å². The molecular weight excluding hydrogens is 302 g/mol. The molecule has 0 aromatic rings. The van der Waals surface area contributed by atoms with Crippen LogP contribution in [0.2, 0.25) is 0 Å². The Bertz CT molecular complexity index is 418. The molecule has 0 amide bonds. The van der Waals surface area contributed by atoms with E-state index in [4.69, 9.17) is 0 Å². The first-order chi connectivity index (χ1) is 9.81. The van der Waals surface area contributed by atoms with Crippen LogP contribution < -0.4 is 5.32 Å². The summed E-state index contributed by atoms with van der Waals surface area (Å²) in [6, 6.07) is 0. The molecular formula is C15H29N3O3S. The summed E-state index contributed by atoms with van der Waals surface area (Å²) in [6.45, 7) is 7.67. The third-order valence-corrected chi connectivity index (χ3v) is 3.65. The SMILES string of the molecule is C/C(=C/[N+](=O)[O-])NCCSC/C(C)=C/C=C(\C)CN(C)C.O. The van der Waals surface area contributed by atoms with Gasteiger partial charge in [-0.3, -0.25) is 10.1 Å². The molecule has 128 valence electrons. The Morgan fingerprint density at radius 1 is 1.23 bits per heavy atom. The minimum atomic E-state index is -0.440. The largest absolute Gasteiger partial charge is 0.412 e. The molecule has 3 N–H and O–H groups in total. The quantitative estimate of drug-likeness (QED) is 0.286. The molecule has 0 aliphatic carbocycles. The van der Waals surface area contributed by atoms with Gasteiger partial charge in [0.25, 0.3) is 6.20 Å². The Morgan fingerprint density at radius 3 is 2.36 bits per heavy atom. The maximum Gasteiger partial charge on any atom is 0.252 e. The predicted molar refractivity (Wildman–Crippen MR) is 95.8 cm³/mol. The van der Waals surface area contributed by atoms with Crippen molar-refractivity contribution in [3.63, 3.8) is 0 Å². The highest BCUT2D eigenvalue weighted by Gasteiger charge is 1.96. The molecule has 0 unspecified atom stereocenters. The number of thioether (sulfide) groups is 1. The molecule has 0 radical (unpaired) electrons. The summed E-state index contributed by atoms with van der Waals surface area (Å²) in [6.07, 6.45) is 5.32. The number of nitro groups is 1. The average molecular weight is 331 g/mol. The van der Waals surface area contributed by atoms with Crippen LogP contribution in [0.4, 0.5) is 0 Å². The van der Waals surface area contributed by atoms with Crippen LogP contribution in [0.15, 0.2) is 35.2 Å². The topological polar surface area (TPSA) is 89.9 Å². The number of likely N-dealkylation sites (N-methyl/N-ethyl adjacent to an activating group) is 1. The van der Waals surface area contributed by atoms with Gasteiger partial charge in [-0.2, -0.15) is 11.8 Å². The van der Waals surface area contributed by atoms with Crippen molar-refractivity contribution in [3.8, 4) is 0 Å². The zero-order valence-corrected chi connectivity index (χ0v) is 15.0. The summed E-state index contributed by atoms with van der Waals surface area (Å²) in [5.74, 6) is 1.90. The summed E-state index contributed by atoms with van der Waals surface area (Å²) >= 11 is 1.82. The number of nitrogens with one attached hydrogen (secondary N) is 1. The first-order valence-corrected chi connectivity index (χ1v) is 8.08. The number of nitrogens with zero attached hydrogens (tertiary/aromatic N) is 2. The first kappa shape index (κ1) is 23.0. The van der Waals surface area contributed by atoms with Crippen molar-refractivity contribution < 1.29 is 10.4 Å². The lowest BCUT2D eigenvalue weighted by Gasteiger charge is -2.09. The van der Waals surface area contributed by atoms with Crippen molar-refractivity contribution in [2.24, 2.45) is 0 Å². The van der Waals surface area contributed by atoms with E-state index in [1.54, 1.807) is 6.92 Å². The number of hydrogen-bond donors (Lipinski definition) is 1. The summed E-state index contributed by atoms with van der Waals surface area (Å²) in [5.41, 5.74) is 3.26. The van der Waals surface area contributed by atoms with E-state index in [0.717, 1.165) is 30.8 Å². The number of rotatable bonds is 10. The molecule has 7 heteroatoms. The summed E-state index contributed by atoms with van der Waals surface area (Å²) in [7, 11) is 4.12. The Labute approximate surface area is 137 Å². The maximum absolute atomic E-state index is 10.2. The van der Waals surface area contributed by atoms with E-state index < -0.39 is 4.92 Å². The highest BCUT2D eigenvalue weighted by molar-refractivity contribution is 7.99. The van der Waals surface area contributed by atoms with Crippen LogP contribution in [0.3, 0.4) is 0 Å². The van der Waals surface area contributed by atoms with E-state index in [1.807, 2.05) is 11.8 Å². The fourth-order valence-corrected chi connectivity index (χ4v) is 2.45. The van der Waals surface area contributed by atoms with Crippen LogP contribution >= 0.6 is 11.8 Å². The number of allylic oxidation sites excluding steroid dienone is 3. The average Bonchev–Trinajstić information content (AvgIpc) is 2.34. The lowest BCUT2D eigenvalue weighted by Crippen LogP contribution is -2.15. The summed E-state index contributed by atoms with van der Waals surface area (Å²) < 4.78 is 0. The van der Waals surface area contributed by atoms with Gasteiger partial charge >= 0.3 is 0 Å². The van der Waals surface area contributed by atoms with Crippen LogP contribution in [-0.2, 0) is 0 Å². The molecule has 0 spiro atoms. The third kappa shape index (κ3) is 15.1. The monoisotopic (exact) mass is 331 g/mol. The van der Waals surface area contributed by atoms with Crippen LogP contribution in [0.5, 0.6) is 0 Å². The Kier molecular flexibility index (Phi) is 13.9. The molecule has 0 aliphatic heterocycles. The van der Waals surface area contributed by atoms with Crippen molar-refractivity contribution in [1.29, 1.82) is 0 Å². The van der Waals surface area contributed by atoms with Crippen LogP contribution in [0.1, 0.15) is 20.8 Å². The van der Waals surface area contributed by atoms with Gasteiger partial charge in [0.2, 0.25) is 0 Å². The molecule has 6 nitrogen and oxygen atoms in total. The predicted octanol–water partition coefficient (Wildman–Crippen LogP) is 2.08. The number of hydrogen-bond acceptors (Lipinski definition) is 5. The molecule has 0 heterocycles. The summed E-state index contributed by atoms with van der Waals surface area (Å²) in [5, 5.41) is 13.3. The highest BCUT2D eigenvalue weighted by atomic mass is 32.2. The second kappa shape index (κ2) is 13.4. The zero-order valence-electron chi connectivity index (χ0n) is 14.2. The molecule has 0 saturated carbocycles. The molecule has 0 aliphatic rings. The maximum atomic E-state index is 10.2. The van der Waals surface area contributed by atoms with Gasteiger partial charge in [-0.25, -0.2) is 0 Å². The summed E-state index contributed by atoms with van der Waals surface area (Å²) in [4.78, 5) is 12.0. The van der Waals surface area contributed by atoms with Crippen molar-refractivity contribution in [3.05, 3.63) is 45.3 Å². The van der Waals surface area contributed by atoms with Crippen molar-refractivity contribution in [1.82, 2.24) is 10.2 Å². The minimum Gasteiger partial charge on any atom is -0.412 e. The zero-order chi connectivity index (χ0) is 16.3. The van der Waals surface area contributed by atoms with Crippen LogP contribution in [-0.4, -0.2) is 54.0 Å². The highest BCUT2D eigenvalue weighted by Crippen LogP contribution is 2.08. The molecule has 0 aromatic carbocycles. The van der Waals surface area contributed by atoms with Crippen molar-refractivity contribution >= 4 is 11.8 Å². The smallest absolute Gasteiger partial charge is 0.252 e. The molecule has 0 saturated heterocycles. The van der Waals surface area contributed by atoms with Gasteiger partial charge in [0, 0.05) is 24.6 Å². The normalized spacial score (nSPS) is 13.1. The molecule has 0 bridgehead atoms. The molecule has 0 aromatic heterocycles. The molecule has 0 atom stereocenters. The minimum absolute atomic E-state index is 0. The van der Waals surface area contributed by atoms with E-state index >= 15 is 0 Å². The van der Waals surface area contributed by atoms with Gasteiger partial charge in [0.1, 0.15) is 0 Å². The van der Waals surface area contributed by atoms with E-state index in [1.165, 1.54) is 11.1 Å². The first-order valence-electron chi connectivity index (χ1n) is 6.92. The van der Waals surface area contributed by atoms with Gasteiger partial charge in [0.15, 0.2) is 0 Å². The fraction of sp³-hybridized carbons (Fsp3) is 0.600. The van der Waals surface area contributed by atoms with Crippen LogP contribution in [0.25, 0.3) is 0 Å². The van der Waals surface area contributed by atoms with Gasteiger partial charge < -0.3 is 15.7 Å². The van der Waals surface area contributed by atoms with Crippen LogP contribution in [0, 0.1) is 10.1 Å². The van der Waals surface area contributed by atoms with Gasteiger partial charge in [0.05, 0.1) is 10.6 Å². The van der Waals surface area contributed by atoms with Gasteiger partial charge in [-0.1, -0.05) is 23.3 Å². The fourth-order valence-electron chi connectivity index (χ4n) is 1.64. The van der Waals surface area contributed by atoms with E-state index in [2.05, 4.69) is 50.3 Å². The van der Waals surface area contributed by atoms with E-state index in [-0.39, 0.29) is 5.48 Å². The van der Waals surface area contributed by atoms with Crippen molar-refractivity contribution in [2.45, 2.75) is 20.8 Å².